The molecule has 1 heterocycles. The van der Waals surface area contributed by atoms with E-state index in [1.54, 1.807) is 0 Å². The monoisotopic (exact) mass is 387 g/mol. The van der Waals surface area contributed by atoms with E-state index in [1.165, 1.54) is 12.1 Å². The maximum absolute atomic E-state index is 12.6. The van der Waals surface area contributed by atoms with Crippen LogP contribution in [0.5, 0.6) is 0 Å². The largest absolute Gasteiger partial charge is 0.416 e. The van der Waals surface area contributed by atoms with Gasteiger partial charge in [0.05, 0.1) is 16.9 Å². The molecule has 0 aliphatic rings. The van der Waals surface area contributed by atoms with E-state index in [-0.39, 0.29) is 12.3 Å². The second-order valence-electron chi connectivity index (χ2n) is 6.52. The SMILES string of the molecule is Cc1nn(-c2ccccc2)c(C)c1CCC(=O)Nc1ccc(C(F)(F)F)cc1. The Morgan fingerprint density at radius 1 is 1.04 bits per heavy atom. The first-order valence-electron chi connectivity index (χ1n) is 8.83. The lowest BCUT2D eigenvalue weighted by molar-refractivity contribution is -0.137. The molecule has 2 aromatic carbocycles. The Balaban J connectivity index is 1.64. The van der Waals surface area contributed by atoms with Gasteiger partial charge in [-0.2, -0.15) is 18.3 Å². The Labute approximate surface area is 161 Å². The molecule has 28 heavy (non-hydrogen) atoms. The van der Waals surface area contributed by atoms with Crippen LogP contribution in [-0.2, 0) is 17.4 Å². The van der Waals surface area contributed by atoms with Gasteiger partial charge in [-0.05, 0) is 62.2 Å². The van der Waals surface area contributed by atoms with Gasteiger partial charge in [-0.15, -0.1) is 0 Å². The summed E-state index contributed by atoms with van der Waals surface area (Å²) in [6, 6.07) is 14.1. The average molecular weight is 387 g/mol. The molecule has 1 aromatic heterocycles. The molecule has 0 aliphatic carbocycles. The first-order chi connectivity index (χ1) is 13.3. The van der Waals surface area contributed by atoms with Crippen LogP contribution in [0.25, 0.3) is 5.69 Å². The first-order valence-corrected chi connectivity index (χ1v) is 8.83. The van der Waals surface area contributed by atoms with Gasteiger partial charge in [0.2, 0.25) is 5.91 Å². The molecule has 0 aliphatic heterocycles. The van der Waals surface area contributed by atoms with Gasteiger partial charge in [0.1, 0.15) is 0 Å². The third-order valence-electron chi connectivity index (χ3n) is 4.54. The van der Waals surface area contributed by atoms with E-state index in [1.807, 2.05) is 48.9 Å². The number of rotatable bonds is 5. The highest BCUT2D eigenvalue weighted by molar-refractivity contribution is 5.90. The fourth-order valence-corrected chi connectivity index (χ4v) is 3.06. The number of aryl methyl sites for hydroxylation is 1. The second kappa shape index (κ2) is 7.88. The number of alkyl halides is 3. The molecule has 0 spiro atoms. The molecule has 4 nitrogen and oxygen atoms in total. The molecule has 0 atom stereocenters. The summed E-state index contributed by atoms with van der Waals surface area (Å²) in [4.78, 5) is 12.2. The Bertz CT molecular complexity index is 961. The van der Waals surface area contributed by atoms with E-state index in [0.29, 0.717) is 12.1 Å². The topological polar surface area (TPSA) is 46.9 Å². The predicted octanol–water partition coefficient (Wildman–Crippen LogP) is 5.08. The Hall–Kier alpha value is -3.09. The van der Waals surface area contributed by atoms with E-state index in [0.717, 1.165) is 34.8 Å². The molecular weight excluding hydrogens is 367 g/mol. The molecule has 3 aromatic rings. The minimum atomic E-state index is -4.39. The highest BCUT2D eigenvalue weighted by Crippen LogP contribution is 2.29. The fourth-order valence-electron chi connectivity index (χ4n) is 3.06. The number of carbonyl (C=O) groups is 1. The van der Waals surface area contributed by atoms with Crippen molar-refractivity contribution in [3.05, 3.63) is 77.1 Å². The average Bonchev–Trinajstić information content (AvgIpc) is 2.94. The summed E-state index contributed by atoms with van der Waals surface area (Å²) in [6.07, 6.45) is -3.68. The number of halogens is 3. The van der Waals surface area contributed by atoms with E-state index >= 15 is 0 Å². The van der Waals surface area contributed by atoms with Crippen molar-refractivity contribution >= 4 is 11.6 Å². The van der Waals surface area contributed by atoms with Gasteiger partial charge in [-0.1, -0.05) is 18.2 Å². The van der Waals surface area contributed by atoms with Crippen LogP contribution >= 0.6 is 0 Å². The third kappa shape index (κ3) is 4.42. The van der Waals surface area contributed by atoms with E-state index in [9.17, 15) is 18.0 Å². The van der Waals surface area contributed by atoms with Crippen molar-refractivity contribution in [1.29, 1.82) is 0 Å². The van der Waals surface area contributed by atoms with Crippen LogP contribution in [0.4, 0.5) is 18.9 Å². The summed E-state index contributed by atoms with van der Waals surface area (Å²) in [7, 11) is 0. The molecule has 3 rings (SSSR count). The molecule has 146 valence electrons. The van der Waals surface area contributed by atoms with Crippen molar-refractivity contribution in [1.82, 2.24) is 9.78 Å². The van der Waals surface area contributed by atoms with Gasteiger partial charge in [-0.3, -0.25) is 4.79 Å². The highest BCUT2D eigenvalue weighted by Gasteiger charge is 2.30. The summed E-state index contributed by atoms with van der Waals surface area (Å²) < 4.78 is 39.6. The summed E-state index contributed by atoms with van der Waals surface area (Å²) in [5, 5.41) is 7.19. The lowest BCUT2D eigenvalue weighted by Crippen LogP contribution is -2.13. The number of carbonyl (C=O) groups excluding carboxylic acids is 1. The quantitative estimate of drug-likeness (QED) is 0.664. The van der Waals surface area contributed by atoms with E-state index in [2.05, 4.69) is 10.4 Å². The fraction of sp³-hybridized carbons (Fsp3) is 0.238. The Kier molecular flexibility index (Phi) is 5.53. The molecule has 1 amide bonds. The van der Waals surface area contributed by atoms with Gasteiger partial charge in [0.25, 0.3) is 0 Å². The van der Waals surface area contributed by atoms with Crippen molar-refractivity contribution < 1.29 is 18.0 Å². The first kappa shape index (κ1) is 19.7. The van der Waals surface area contributed by atoms with Crippen molar-refractivity contribution in [2.75, 3.05) is 5.32 Å². The number of anilines is 1. The summed E-state index contributed by atoms with van der Waals surface area (Å²) in [5.74, 6) is -0.258. The molecule has 0 fully saturated rings. The Morgan fingerprint density at radius 3 is 2.29 bits per heavy atom. The van der Waals surface area contributed by atoms with E-state index < -0.39 is 11.7 Å². The smallest absolute Gasteiger partial charge is 0.326 e. The number of benzene rings is 2. The number of para-hydroxylation sites is 1. The second-order valence-corrected chi connectivity index (χ2v) is 6.52. The molecule has 0 bridgehead atoms. The standard InChI is InChI=1S/C21H20F3N3O/c1-14-19(15(2)27(26-14)18-6-4-3-5-7-18)12-13-20(28)25-17-10-8-16(9-11-17)21(22,23)24/h3-11H,12-13H2,1-2H3,(H,25,28). The van der Waals surface area contributed by atoms with Crippen molar-refractivity contribution in [3.63, 3.8) is 0 Å². The summed E-state index contributed by atoms with van der Waals surface area (Å²) in [6.45, 7) is 3.85. The zero-order chi connectivity index (χ0) is 20.3. The number of nitrogens with one attached hydrogen (secondary N) is 1. The molecule has 0 saturated carbocycles. The maximum atomic E-state index is 12.6. The summed E-state index contributed by atoms with van der Waals surface area (Å²) in [5.41, 5.74) is 3.35. The molecule has 7 heteroatoms. The van der Waals surface area contributed by atoms with Crippen LogP contribution in [0.3, 0.4) is 0 Å². The van der Waals surface area contributed by atoms with Gasteiger partial charge >= 0.3 is 6.18 Å². The number of amides is 1. The molecule has 0 radical (unpaired) electrons. The minimum absolute atomic E-state index is 0.211. The number of nitrogens with zero attached hydrogens (tertiary/aromatic N) is 2. The molecular formula is C21H20F3N3O. The number of aromatic nitrogens is 2. The maximum Gasteiger partial charge on any atom is 0.416 e. The Morgan fingerprint density at radius 2 is 1.68 bits per heavy atom. The van der Waals surface area contributed by atoms with Crippen molar-refractivity contribution in [2.24, 2.45) is 0 Å². The molecule has 1 N–H and O–H groups in total. The van der Waals surface area contributed by atoms with Crippen LogP contribution in [0, 0.1) is 13.8 Å². The van der Waals surface area contributed by atoms with Gasteiger partial charge in [0.15, 0.2) is 0 Å². The van der Waals surface area contributed by atoms with Gasteiger partial charge in [0, 0.05) is 17.8 Å². The van der Waals surface area contributed by atoms with Crippen LogP contribution in [0.1, 0.15) is 28.9 Å². The number of hydrogen-bond acceptors (Lipinski definition) is 2. The molecule has 0 saturated heterocycles. The van der Waals surface area contributed by atoms with Gasteiger partial charge < -0.3 is 5.32 Å². The summed E-state index contributed by atoms with van der Waals surface area (Å²) >= 11 is 0. The zero-order valence-electron chi connectivity index (χ0n) is 15.5. The van der Waals surface area contributed by atoms with Crippen LogP contribution in [0.2, 0.25) is 0 Å². The van der Waals surface area contributed by atoms with Gasteiger partial charge in [-0.25, -0.2) is 4.68 Å². The van der Waals surface area contributed by atoms with Crippen LogP contribution < -0.4 is 5.32 Å². The lowest BCUT2D eigenvalue weighted by atomic mass is 10.1. The highest BCUT2D eigenvalue weighted by atomic mass is 19.4. The minimum Gasteiger partial charge on any atom is -0.326 e. The molecule has 0 unspecified atom stereocenters. The van der Waals surface area contributed by atoms with Crippen LogP contribution in [-0.4, -0.2) is 15.7 Å². The van der Waals surface area contributed by atoms with E-state index in [4.69, 9.17) is 0 Å². The van der Waals surface area contributed by atoms with Crippen molar-refractivity contribution in [3.8, 4) is 5.69 Å². The third-order valence-corrected chi connectivity index (χ3v) is 4.54. The van der Waals surface area contributed by atoms with Crippen LogP contribution in [0.15, 0.2) is 54.6 Å². The predicted molar refractivity (Wildman–Crippen MR) is 101 cm³/mol. The number of hydrogen-bond donors (Lipinski definition) is 1. The van der Waals surface area contributed by atoms with Crippen molar-refractivity contribution in [2.45, 2.75) is 32.9 Å². The lowest BCUT2D eigenvalue weighted by Gasteiger charge is -2.09. The normalized spacial score (nSPS) is 11.5. The zero-order valence-corrected chi connectivity index (χ0v) is 15.5.